The Morgan fingerprint density at radius 1 is 1.06 bits per heavy atom. The first-order chi connectivity index (χ1) is 17.2. The van der Waals surface area contributed by atoms with Gasteiger partial charge in [0.25, 0.3) is 0 Å². The maximum Gasteiger partial charge on any atom is 0.180 e. The number of imidazole rings is 1. The van der Waals surface area contributed by atoms with Crippen molar-refractivity contribution in [2.45, 2.75) is 25.3 Å². The number of hydrogen-bond donors (Lipinski definition) is 1. The smallest absolute Gasteiger partial charge is 0.180 e. The molecule has 7 rings (SSSR count). The number of rotatable bonds is 5. The molecule has 1 saturated carbocycles. The van der Waals surface area contributed by atoms with Gasteiger partial charge in [0.05, 0.1) is 11.0 Å². The molecule has 0 bridgehead atoms. The van der Waals surface area contributed by atoms with Crippen LogP contribution in [0.1, 0.15) is 30.1 Å². The molecule has 0 amide bonds. The van der Waals surface area contributed by atoms with Crippen LogP contribution in [0, 0.1) is 0 Å². The Hall–Kier alpha value is -3.56. The van der Waals surface area contributed by atoms with Gasteiger partial charge in [-0.1, -0.05) is 41.9 Å². The van der Waals surface area contributed by atoms with Gasteiger partial charge in [0.15, 0.2) is 11.5 Å². The van der Waals surface area contributed by atoms with Crippen LogP contribution >= 0.6 is 27.5 Å². The Bertz CT molecular complexity index is 1720. The van der Waals surface area contributed by atoms with Crippen molar-refractivity contribution in [1.82, 2.24) is 35.2 Å². The summed E-state index contributed by atoms with van der Waals surface area (Å²) in [6, 6.07) is 17.9. The standard InChI is InChI=1S/C25H17BrClN7O/c26-21-17-11-13(12-34-24(14-6-7-14)28-18-8-10-20(27)29-25(18)34)5-9-19(17)35-22(21)15-3-1-2-4-16(15)23-30-32-33-31-23/h1-5,8-11,14H,6-7,12H2,(H,30,31,32,33). The summed E-state index contributed by atoms with van der Waals surface area (Å²) in [7, 11) is 0. The fourth-order valence-electron chi connectivity index (χ4n) is 4.53. The summed E-state index contributed by atoms with van der Waals surface area (Å²) in [5, 5.41) is 15.8. The number of furan rings is 1. The number of benzene rings is 2. The number of halogens is 2. The van der Waals surface area contributed by atoms with Crippen LogP contribution in [0.5, 0.6) is 0 Å². The SMILES string of the molecule is Clc1ccc2nc(C3CC3)n(Cc3ccc4oc(-c5ccccc5-c5nnn[nH]5)c(Br)c4c3)c2n1. The molecule has 4 heterocycles. The second kappa shape index (κ2) is 8.00. The third-order valence-corrected chi connectivity index (χ3v) is 7.33. The number of aromatic amines is 1. The van der Waals surface area contributed by atoms with Gasteiger partial charge in [0.2, 0.25) is 0 Å². The van der Waals surface area contributed by atoms with Crippen LogP contribution in [-0.4, -0.2) is 35.2 Å². The summed E-state index contributed by atoms with van der Waals surface area (Å²) in [4.78, 5) is 9.44. The van der Waals surface area contributed by atoms with Crippen LogP contribution in [0.3, 0.4) is 0 Å². The van der Waals surface area contributed by atoms with Crippen LogP contribution in [0.2, 0.25) is 5.15 Å². The summed E-state index contributed by atoms with van der Waals surface area (Å²) in [5.74, 6) is 2.88. The van der Waals surface area contributed by atoms with E-state index in [1.54, 1.807) is 6.07 Å². The molecule has 172 valence electrons. The highest BCUT2D eigenvalue weighted by Gasteiger charge is 2.30. The van der Waals surface area contributed by atoms with Gasteiger partial charge < -0.3 is 8.98 Å². The number of nitrogens with zero attached hydrogens (tertiary/aromatic N) is 6. The van der Waals surface area contributed by atoms with Crippen LogP contribution in [0.15, 0.2) is 63.5 Å². The highest BCUT2D eigenvalue weighted by molar-refractivity contribution is 9.10. The Morgan fingerprint density at radius 3 is 2.71 bits per heavy atom. The molecule has 4 aromatic heterocycles. The molecular weight excluding hydrogens is 530 g/mol. The number of fused-ring (bicyclic) bond motifs is 2. The average molecular weight is 547 g/mol. The fraction of sp³-hybridized carbons (Fsp3) is 0.160. The van der Waals surface area contributed by atoms with Gasteiger partial charge in [-0.05, 0) is 69.0 Å². The van der Waals surface area contributed by atoms with Crippen molar-refractivity contribution in [2.75, 3.05) is 0 Å². The van der Waals surface area contributed by atoms with Crippen molar-refractivity contribution in [2.24, 2.45) is 0 Å². The maximum absolute atomic E-state index is 6.29. The van der Waals surface area contributed by atoms with Crippen molar-refractivity contribution in [1.29, 1.82) is 0 Å². The number of tetrazole rings is 1. The van der Waals surface area contributed by atoms with E-state index in [0.29, 0.717) is 23.4 Å². The van der Waals surface area contributed by atoms with Gasteiger partial charge in [-0.25, -0.2) is 15.1 Å². The predicted molar refractivity (Wildman–Crippen MR) is 136 cm³/mol. The first kappa shape index (κ1) is 20.8. The lowest BCUT2D eigenvalue weighted by molar-refractivity contribution is 0.629. The highest BCUT2D eigenvalue weighted by atomic mass is 79.9. The first-order valence-corrected chi connectivity index (χ1v) is 12.4. The van der Waals surface area contributed by atoms with Crippen LogP contribution in [-0.2, 0) is 6.54 Å². The molecule has 0 atom stereocenters. The minimum absolute atomic E-state index is 0.472. The number of nitrogens with one attached hydrogen (secondary N) is 1. The van der Waals surface area contributed by atoms with Gasteiger partial charge >= 0.3 is 0 Å². The second-order valence-electron chi connectivity index (χ2n) is 8.68. The Labute approximate surface area is 212 Å². The first-order valence-electron chi connectivity index (χ1n) is 11.2. The zero-order valence-electron chi connectivity index (χ0n) is 18.2. The normalized spacial score (nSPS) is 13.8. The summed E-state index contributed by atoms with van der Waals surface area (Å²) in [6.45, 7) is 0.652. The van der Waals surface area contributed by atoms with Gasteiger partial charge in [0.1, 0.15) is 27.8 Å². The molecule has 2 aromatic carbocycles. The number of pyridine rings is 1. The van der Waals surface area contributed by atoms with E-state index >= 15 is 0 Å². The molecule has 0 saturated heterocycles. The molecule has 35 heavy (non-hydrogen) atoms. The van der Waals surface area contributed by atoms with Crippen LogP contribution in [0.25, 0.3) is 44.8 Å². The topological polar surface area (TPSA) is 98.3 Å². The summed E-state index contributed by atoms with van der Waals surface area (Å²) in [5.41, 5.74) is 5.37. The molecule has 10 heteroatoms. The van der Waals surface area contributed by atoms with Crippen LogP contribution < -0.4 is 0 Å². The molecule has 1 aliphatic rings. The van der Waals surface area contributed by atoms with Crippen molar-refractivity contribution in [3.05, 3.63) is 75.6 Å². The van der Waals surface area contributed by atoms with E-state index in [9.17, 15) is 0 Å². The van der Waals surface area contributed by atoms with Gasteiger partial charge in [-0.3, -0.25) is 0 Å². The van der Waals surface area contributed by atoms with Crippen molar-refractivity contribution in [3.63, 3.8) is 0 Å². The maximum atomic E-state index is 6.29. The van der Waals surface area contributed by atoms with E-state index in [1.165, 1.54) is 0 Å². The number of aromatic nitrogens is 7. The van der Waals surface area contributed by atoms with E-state index in [2.05, 4.69) is 58.2 Å². The predicted octanol–water partition coefficient (Wildman–Crippen LogP) is 6.37. The lowest BCUT2D eigenvalue weighted by Gasteiger charge is -2.08. The van der Waals surface area contributed by atoms with E-state index in [1.807, 2.05) is 36.4 Å². The van der Waals surface area contributed by atoms with E-state index < -0.39 is 0 Å². The van der Waals surface area contributed by atoms with Crippen molar-refractivity contribution in [3.8, 4) is 22.7 Å². The molecule has 0 unspecified atom stereocenters. The third kappa shape index (κ3) is 3.54. The van der Waals surface area contributed by atoms with E-state index in [0.717, 1.165) is 67.7 Å². The van der Waals surface area contributed by atoms with Gasteiger partial charge in [0, 0.05) is 22.4 Å². The summed E-state index contributed by atoms with van der Waals surface area (Å²) >= 11 is 10.0. The number of hydrogen-bond acceptors (Lipinski definition) is 6. The molecule has 0 aliphatic heterocycles. The monoisotopic (exact) mass is 545 g/mol. The minimum Gasteiger partial charge on any atom is -0.455 e. The van der Waals surface area contributed by atoms with Crippen molar-refractivity contribution < 1.29 is 4.42 Å². The molecule has 0 radical (unpaired) electrons. The summed E-state index contributed by atoms with van der Waals surface area (Å²) in [6.07, 6.45) is 2.32. The minimum atomic E-state index is 0.472. The molecule has 1 fully saturated rings. The molecular formula is C25H17BrClN7O. The largest absolute Gasteiger partial charge is 0.455 e. The lowest BCUT2D eigenvalue weighted by atomic mass is 10.0. The molecule has 0 spiro atoms. The molecule has 1 aliphatic carbocycles. The molecule has 1 N–H and O–H groups in total. The average Bonchev–Trinajstić information content (AvgIpc) is 3.30. The lowest BCUT2D eigenvalue weighted by Crippen LogP contribution is -2.05. The Kier molecular flexibility index (Phi) is 4.75. The second-order valence-corrected chi connectivity index (χ2v) is 9.86. The Morgan fingerprint density at radius 2 is 1.91 bits per heavy atom. The third-order valence-electron chi connectivity index (χ3n) is 6.33. The number of H-pyrrole nitrogens is 1. The van der Waals surface area contributed by atoms with Gasteiger partial charge in [-0.15, -0.1) is 5.10 Å². The van der Waals surface area contributed by atoms with E-state index in [-0.39, 0.29) is 0 Å². The van der Waals surface area contributed by atoms with Crippen LogP contribution in [0.4, 0.5) is 0 Å². The fourth-order valence-corrected chi connectivity index (χ4v) is 5.28. The zero-order chi connectivity index (χ0) is 23.5. The Balaban J connectivity index is 1.32. The van der Waals surface area contributed by atoms with Gasteiger partial charge in [-0.2, -0.15) is 0 Å². The molecule has 8 nitrogen and oxygen atoms in total. The zero-order valence-corrected chi connectivity index (χ0v) is 20.6. The molecule has 6 aromatic rings. The van der Waals surface area contributed by atoms with E-state index in [4.69, 9.17) is 21.0 Å². The quantitative estimate of drug-likeness (QED) is 0.252. The van der Waals surface area contributed by atoms with Crippen molar-refractivity contribution >= 4 is 49.7 Å². The highest BCUT2D eigenvalue weighted by Crippen LogP contribution is 2.43. The summed E-state index contributed by atoms with van der Waals surface area (Å²) < 4.78 is 9.37.